The quantitative estimate of drug-likeness (QED) is 0.659. The van der Waals surface area contributed by atoms with Crippen molar-refractivity contribution in [3.05, 3.63) is 33.9 Å². The van der Waals surface area contributed by atoms with Crippen LogP contribution in [-0.2, 0) is 0 Å². The first-order valence-corrected chi connectivity index (χ1v) is 6.17. The Morgan fingerprint density at radius 3 is 2.83 bits per heavy atom. The Kier molecular flexibility index (Phi) is 3.52. The standard InChI is InChI=1S/C13H18N2O3/c1-9-3-4-12(15(17)18)13(7-9)14-6-5-11(8-14)10(2)16/h3-4,7,10-11,16H,5-6,8H2,1-2H3. The van der Waals surface area contributed by atoms with Gasteiger partial charge in [-0.05, 0) is 31.9 Å². The Labute approximate surface area is 106 Å². The molecule has 1 aromatic carbocycles. The number of hydrogen-bond donors (Lipinski definition) is 1. The fourth-order valence-electron chi connectivity index (χ4n) is 2.44. The third-order valence-electron chi connectivity index (χ3n) is 3.58. The highest BCUT2D eigenvalue weighted by molar-refractivity contribution is 5.65. The maximum atomic E-state index is 11.0. The summed E-state index contributed by atoms with van der Waals surface area (Å²) in [4.78, 5) is 12.7. The van der Waals surface area contributed by atoms with Gasteiger partial charge in [-0.15, -0.1) is 0 Å². The first kappa shape index (κ1) is 12.8. The molecular weight excluding hydrogens is 232 g/mol. The maximum absolute atomic E-state index is 11.0. The summed E-state index contributed by atoms with van der Waals surface area (Å²) in [6.45, 7) is 5.15. The average molecular weight is 250 g/mol. The molecule has 2 unspecified atom stereocenters. The molecular formula is C13H18N2O3. The number of nitrogens with zero attached hydrogens (tertiary/aromatic N) is 2. The molecule has 1 fully saturated rings. The lowest BCUT2D eigenvalue weighted by Gasteiger charge is -2.20. The zero-order chi connectivity index (χ0) is 13.3. The normalized spacial score (nSPS) is 21.1. The zero-order valence-electron chi connectivity index (χ0n) is 10.7. The fraction of sp³-hybridized carbons (Fsp3) is 0.538. The second kappa shape index (κ2) is 4.94. The number of aliphatic hydroxyl groups is 1. The molecule has 0 saturated carbocycles. The lowest BCUT2D eigenvalue weighted by molar-refractivity contribution is -0.384. The van der Waals surface area contributed by atoms with Gasteiger partial charge in [-0.1, -0.05) is 6.07 Å². The van der Waals surface area contributed by atoms with E-state index in [-0.39, 0.29) is 22.6 Å². The number of hydrogen-bond acceptors (Lipinski definition) is 4. The monoisotopic (exact) mass is 250 g/mol. The minimum Gasteiger partial charge on any atom is -0.393 e. The maximum Gasteiger partial charge on any atom is 0.292 e. The molecule has 5 heteroatoms. The molecule has 0 aromatic heterocycles. The van der Waals surface area contributed by atoms with E-state index in [2.05, 4.69) is 0 Å². The van der Waals surface area contributed by atoms with Crippen molar-refractivity contribution in [3.63, 3.8) is 0 Å². The molecule has 0 spiro atoms. The molecule has 1 N–H and O–H groups in total. The van der Waals surface area contributed by atoms with Crippen LogP contribution in [0, 0.1) is 23.0 Å². The molecule has 1 aliphatic heterocycles. The van der Waals surface area contributed by atoms with Crippen molar-refractivity contribution in [1.29, 1.82) is 0 Å². The second-order valence-corrected chi connectivity index (χ2v) is 4.98. The van der Waals surface area contributed by atoms with Crippen LogP contribution in [-0.4, -0.2) is 29.2 Å². The van der Waals surface area contributed by atoms with Crippen LogP contribution < -0.4 is 4.90 Å². The molecule has 98 valence electrons. The minimum absolute atomic E-state index is 0.145. The number of nitro groups is 1. The number of nitro benzene ring substituents is 1. The summed E-state index contributed by atoms with van der Waals surface area (Å²) < 4.78 is 0. The Morgan fingerprint density at radius 2 is 2.28 bits per heavy atom. The number of aryl methyl sites for hydroxylation is 1. The Hall–Kier alpha value is -1.62. The number of benzene rings is 1. The molecule has 5 nitrogen and oxygen atoms in total. The lowest BCUT2D eigenvalue weighted by Crippen LogP contribution is -2.24. The molecule has 1 aliphatic rings. The molecule has 0 radical (unpaired) electrons. The van der Waals surface area contributed by atoms with E-state index in [0.717, 1.165) is 18.5 Å². The average Bonchev–Trinajstić information content (AvgIpc) is 2.77. The van der Waals surface area contributed by atoms with Gasteiger partial charge in [-0.25, -0.2) is 0 Å². The number of anilines is 1. The SMILES string of the molecule is Cc1ccc([N+](=O)[O-])c(N2CCC(C(C)O)C2)c1. The van der Waals surface area contributed by atoms with Crippen LogP contribution >= 0.6 is 0 Å². The van der Waals surface area contributed by atoms with Crippen LogP contribution in [0.5, 0.6) is 0 Å². The first-order chi connectivity index (χ1) is 8.49. The summed E-state index contributed by atoms with van der Waals surface area (Å²) in [5.41, 5.74) is 1.83. The van der Waals surface area contributed by atoms with Gasteiger partial charge in [0.1, 0.15) is 5.69 Å². The Bertz CT molecular complexity index is 460. The molecule has 1 aromatic rings. The topological polar surface area (TPSA) is 66.6 Å². The van der Waals surface area contributed by atoms with Gasteiger partial charge in [0, 0.05) is 25.1 Å². The van der Waals surface area contributed by atoms with E-state index < -0.39 is 0 Å². The van der Waals surface area contributed by atoms with Crippen molar-refractivity contribution in [3.8, 4) is 0 Å². The van der Waals surface area contributed by atoms with Crippen molar-refractivity contribution in [2.75, 3.05) is 18.0 Å². The van der Waals surface area contributed by atoms with Crippen molar-refractivity contribution < 1.29 is 10.0 Å². The minimum atomic E-state index is -0.362. The number of aliphatic hydroxyl groups excluding tert-OH is 1. The molecule has 18 heavy (non-hydrogen) atoms. The highest BCUT2D eigenvalue weighted by atomic mass is 16.6. The molecule has 0 bridgehead atoms. The molecule has 0 aliphatic carbocycles. The van der Waals surface area contributed by atoms with Crippen LogP contribution in [0.3, 0.4) is 0 Å². The van der Waals surface area contributed by atoms with Crippen molar-refractivity contribution in [2.45, 2.75) is 26.4 Å². The van der Waals surface area contributed by atoms with Gasteiger partial charge in [-0.3, -0.25) is 10.1 Å². The third kappa shape index (κ3) is 2.46. The van der Waals surface area contributed by atoms with Crippen LogP contribution in [0.15, 0.2) is 18.2 Å². The largest absolute Gasteiger partial charge is 0.393 e. The lowest BCUT2D eigenvalue weighted by atomic mass is 10.0. The zero-order valence-corrected chi connectivity index (χ0v) is 10.7. The predicted octanol–water partition coefficient (Wildman–Crippen LogP) is 2.11. The van der Waals surface area contributed by atoms with E-state index in [1.165, 1.54) is 0 Å². The Balaban J connectivity index is 2.28. The summed E-state index contributed by atoms with van der Waals surface area (Å²) in [6, 6.07) is 5.16. The van der Waals surface area contributed by atoms with Crippen LogP contribution in [0.1, 0.15) is 18.9 Å². The predicted molar refractivity (Wildman–Crippen MR) is 69.8 cm³/mol. The van der Waals surface area contributed by atoms with Crippen molar-refractivity contribution >= 4 is 11.4 Å². The van der Waals surface area contributed by atoms with E-state index in [1.807, 2.05) is 17.9 Å². The van der Waals surface area contributed by atoms with Gasteiger partial charge in [0.2, 0.25) is 0 Å². The van der Waals surface area contributed by atoms with Crippen molar-refractivity contribution in [1.82, 2.24) is 0 Å². The first-order valence-electron chi connectivity index (χ1n) is 6.17. The molecule has 2 atom stereocenters. The summed E-state index contributed by atoms with van der Waals surface area (Å²) in [6.07, 6.45) is 0.516. The van der Waals surface area contributed by atoms with E-state index in [0.29, 0.717) is 12.2 Å². The fourth-order valence-corrected chi connectivity index (χ4v) is 2.44. The summed E-state index contributed by atoms with van der Waals surface area (Å²) >= 11 is 0. The second-order valence-electron chi connectivity index (χ2n) is 4.98. The van der Waals surface area contributed by atoms with E-state index in [9.17, 15) is 15.2 Å². The number of rotatable bonds is 3. The third-order valence-corrected chi connectivity index (χ3v) is 3.58. The van der Waals surface area contributed by atoms with E-state index >= 15 is 0 Å². The Morgan fingerprint density at radius 1 is 1.56 bits per heavy atom. The van der Waals surface area contributed by atoms with Crippen LogP contribution in [0.25, 0.3) is 0 Å². The summed E-state index contributed by atoms with van der Waals surface area (Å²) in [5.74, 6) is 0.199. The molecule has 1 heterocycles. The highest BCUT2D eigenvalue weighted by Crippen LogP contribution is 2.33. The van der Waals surface area contributed by atoms with Crippen LogP contribution in [0.4, 0.5) is 11.4 Å². The summed E-state index contributed by atoms with van der Waals surface area (Å²) in [5, 5.41) is 20.6. The summed E-state index contributed by atoms with van der Waals surface area (Å²) in [7, 11) is 0. The highest BCUT2D eigenvalue weighted by Gasteiger charge is 2.29. The molecule has 0 amide bonds. The van der Waals surface area contributed by atoms with E-state index in [4.69, 9.17) is 0 Å². The molecule has 1 saturated heterocycles. The van der Waals surface area contributed by atoms with Crippen molar-refractivity contribution in [2.24, 2.45) is 5.92 Å². The van der Waals surface area contributed by atoms with Crippen LogP contribution in [0.2, 0.25) is 0 Å². The van der Waals surface area contributed by atoms with Gasteiger partial charge in [0.15, 0.2) is 0 Å². The van der Waals surface area contributed by atoms with Gasteiger partial charge < -0.3 is 10.0 Å². The van der Waals surface area contributed by atoms with Gasteiger partial charge in [0.05, 0.1) is 11.0 Å². The van der Waals surface area contributed by atoms with E-state index in [1.54, 1.807) is 19.1 Å². The smallest absolute Gasteiger partial charge is 0.292 e. The molecule has 2 rings (SSSR count). The van der Waals surface area contributed by atoms with Gasteiger partial charge in [0.25, 0.3) is 5.69 Å². The van der Waals surface area contributed by atoms with Gasteiger partial charge in [-0.2, -0.15) is 0 Å². The van der Waals surface area contributed by atoms with Gasteiger partial charge >= 0.3 is 0 Å².